The molecule has 0 fully saturated rings. The van der Waals surface area contributed by atoms with E-state index in [9.17, 15) is 4.79 Å². The van der Waals surface area contributed by atoms with Crippen molar-refractivity contribution >= 4 is 17.4 Å². The lowest BCUT2D eigenvalue weighted by Gasteiger charge is -2.19. The van der Waals surface area contributed by atoms with Crippen LogP contribution in [0.3, 0.4) is 0 Å². The third kappa shape index (κ3) is 2.19. The summed E-state index contributed by atoms with van der Waals surface area (Å²) in [6.45, 7) is 3.17. The van der Waals surface area contributed by atoms with Crippen LogP contribution in [0.15, 0.2) is 30.5 Å². The van der Waals surface area contributed by atoms with Gasteiger partial charge in [0.15, 0.2) is 0 Å². The zero-order valence-electron chi connectivity index (χ0n) is 12.3. The van der Waals surface area contributed by atoms with Gasteiger partial charge in [-0.2, -0.15) is 0 Å². The smallest absolute Gasteiger partial charge is 0.225 e. The van der Waals surface area contributed by atoms with Crippen molar-refractivity contribution in [2.75, 3.05) is 17.2 Å². The highest BCUT2D eigenvalue weighted by molar-refractivity contribution is 5.93. The van der Waals surface area contributed by atoms with Gasteiger partial charge in [0.1, 0.15) is 17.3 Å². The lowest BCUT2D eigenvalue weighted by molar-refractivity contribution is -0.116. The number of ether oxygens (including phenoxy) is 1. The zero-order chi connectivity index (χ0) is 15.1. The largest absolute Gasteiger partial charge is 0.457 e. The Morgan fingerprint density at radius 3 is 3.09 bits per heavy atom. The second-order valence-corrected chi connectivity index (χ2v) is 5.82. The molecule has 3 heterocycles. The first-order valence-electron chi connectivity index (χ1n) is 7.54. The van der Waals surface area contributed by atoms with Gasteiger partial charge in [0, 0.05) is 36.3 Å². The van der Waals surface area contributed by atoms with Crippen LogP contribution >= 0.6 is 0 Å². The Morgan fingerprint density at radius 2 is 2.18 bits per heavy atom. The summed E-state index contributed by atoms with van der Waals surface area (Å²) >= 11 is 0. The Bertz CT molecular complexity index is 758. The molecular formula is C17H17N3O2. The second kappa shape index (κ2) is 5.02. The van der Waals surface area contributed by atoms with E-state index in [1.807, 2.05) is 12.1 Å². The van der Waals surface area contributed by atoms with Gasteiger partial charge in [-0.25, -0.2) is 4.98 Å². The molecule has 2 N–H and O–H groups in total. The normalized spacial score (nSPS) is 19.0. The maximum atomic E-state index is 11.5. The summed E-state index contributed by atoms with van der Waals surface area (Å²) in [6.07, 6.45) is 2.80. The second-order valence-electron chi connectivity index (χ2n) is 5.82. The molecule has 0 bridgehead atoms. The van der Waals surface area contributed by atoms with Crippen LogP contribution in [0.1, 0.15) is 30.4 Å². The first-order valence-corrected chi connectivity index (χ1v) is 7.54. The van der Waals surface area contributed by atoms with Gasteiger partial charge in [0.25, 0.3) is 0 Å². The molecule has 0 unspecified atom stereocenters. The molecule has 22 heavy (non-hydrogen) atoms. The van der Waals surface area contributed by atoms with Gasteiger partial charge in [-0.15, -0.1) is 0 Å². The Balaban J connectivity index is 1.66. The molecule has 5 heteroatoms. The number of nitrogens with one attached hydrogen (secondary N) is 2. The summed E-state index contributed by atoms with van der Waals surface area (Å²) in [5.74, 6) is 2.70. The standard InChI is InChI=1S/C17H17N3O2/c1-10-9-19-14-4-2-11(8-13(10)14)22-15-6-7-18-17-12(15)3-5-16(21)20-17/h2,4,6-8,10,19H,3,5,9H2,1H3,(H,18,20,21)/t10-/m1/s1. The molecule has 2 aromatic rings. The summed E-state index contributed by atoms with van der Waals surface area (Å²) in [6, 6.07) is 7.97. The van der Waals surface area contributed by atoms with E-state index < -0.39 is 0 Å². The summed E-state index contributed by atoms with van der Waals surface area (Å²) < 4.78 is 6.07. The quantitative estimate of drug-likeness (QED) is 0.892. The van der Waals surface area contributed by atoms with Gasteiger partial charge in [-0.3, -0.25) is 4.79 Å². The molecular weight excluding hydrogens is 278 g/mol. The molecule has 0 saturated heterocycles. The summed E-state index contributed by atoms with van der Waals surface area (Å²) in [5.41, 5.74) is 3.44. The molecule has 0 spiro atoms. The van der Waals surface area contributed by atoms with Crippen LogP contribution in [0.25, 0.3) is 0 Å². The highest BCUT2D eigenvalue weighted by Crippen LogP contribution is 2.37. The monoisotopic (exact) mass is 295 g/mol. The molecule has 1 amide bonds. The first kappa shape index (κ1) is 13.1. The number of hydrogen-bond donors (Lipinski definition) is 2. The highest BCUT2D eigenvalue weighted by atomic mass is 16.5. The van der Waals surface area contributed by atoms with Crippen molar-refractivity contribution in [2.45, 2.75) is 25.7 Å². The SMILES string of the molecule is C[C@@H]1CNc2ccc(Oc3ccnc4c3CCC(=O)N4)cc21. The van der Waals surface area contributed by atoms with E-state index in [1.165, 1.54) is 11.3 Å². The van der Waals surface area contributed by atoms with Gasteiger partial charge >= 0.3 is 0 Å². The first-order chi connectivity index (χ1) is 10.7. The van der Waals surface area contributed by atoms with E-state index in [-0.39, 0.29) is 5.91 Å². The van der Waals surface area contributed by atoms with Gasteiger partial charge < -0.3 is 15.4 Å². The topological polar surface area (TPSA) is 63.2 Å². The van der Waals surface area contributed by atoms with Gasteiger partial charge in [0.2, 0.25) is 5.91 Å². The minimum Gasteiger partial charge on any atom is -0.457 e. The summed E-state index contributed by atoms with van der Waals surface area (Å²) in [4.78, 5) is 15.7. The number of nitrogens with zero attached hydrogens (tertiary/aromatic N) is 1. The molecule has 5 nitrogen and oxygen atoms in total. The third-order valence-corrected chi connectivity index (χ3v) is 4.25. The molecule has 4 rings (SSSR count). The number of carbonyl (C=O) groups excluding carboxylic acids is 1. The maximum absolute atomic E-state index is 11.5. The van der Waals surface area contributed by atoms with E-state index >= 15 is 0 Å². The van der Waals surface area contributed by atoms with Gasteiger partial charge in [0.05, 0.1) is 0 Å². The Kier molecular flexibility index (Phi) is 2.99. The molecule has 2 aliphatic heterocycles. The predicted molar refractivity (Wildman–Crippen MR) is 84.6 cm³/mol. The van der Waals surface area contributed by atoms with E-state index in [1.54, 1.807) is 6.20 Å². The number of pyridine rings is 1. The van der Waals surface area contributed by atoms with Crippen molar-refractivity contribution < 1.29 is 9.53 Å². The van der Waals surface area contributed by atoms with Crippen LogP contribution in [0, 0.1) is 0 Å². The van der Waals surface area contributed by atoms with Crippen molar-refractivity contribution in [2.24, 2.45) is 0 Å². The van der Waals surface area contributed by atoms with E-state index in [0.29, 0.717) is 24.6 Å². The van der Waals surface area contributed by atoms with Gasteiger partial charge in [-0.1, -0.05) is 6.92 Å². The van der Waals surface area contributed by atoms with Crippen molar-refractivity contribution in [1.82, 2.24) is 4.98 Å². The molecule has 1 atom stereocenters. The number of anilines is 2. The molecule has 1 aromatic heterocycles. The van der Waals surface area contributed by atoms with Crippen LogP contribution < -0.4 is 15.4 Å². The molecule has 112 valence electrons. The molecule has 2 aliphatic rings. The third-order valence-electron chi connectivity index (χ3n) is 4.25. The maximum Gasteiger partial charge on any atom is 0.225 e. The number of aromatic nitrogens is 1. The Labute approximate surface area is 128 Å². The minimum absolute atomic E-state index is 0.00887. The molecule has 0 radical (unpaired) electrons. The van der Waals surface area contributed by atoms with E-state index in [4.69, 9.17) is 4.74 Å². The predicted octanol–water partition coefficient (Wildman–Crippen LogP) is 3.29. The van der Waals surface area contributed by atoms with Crippen LogP contribution in [0.5, 0.6) is 11.5 Å². The molecule has 1 aromatic carbocycles. The fourth-order valence-corrected chi connectivity index (χ4v) is 3.03. The van der Waals surface area contributed by atoms with Crippen molar-refractivity contribution in [3.05, 3.63) is 41.6 Å². The Hall–Kier alpha value is -2.56. The van der Waals surface area contributed by atoms with Crippen molar-refractivity contribution in [1.29, 1.82) is 0 Å². The average molecular weight is 295 g/mol. The minimum atomic E-state index is 0.00887. The number of hydrogen-bond acceptors (Lipinski definition) is 4. The number of fused-ring (bicyclic) bond motifs is 2. The number of amides is 1. The Morgan fingerprint density at radius 1 is 1.27 bits per heavy atom. The fraction of sp³-hybridized carbons (Fsp3) is 0.294. The number of benzene rings is 1. The average Bonchev–Trinajstić information content (AvgIpc) is 2.88. The number of carbonyl (C=O) groups is 1. The fourth-order valence-electron chi connectivity index (χ4n) is 3.03. The van der Waals surface area contributed by atoms with Crippen LogP contribution in [-0.4, -0.2) is 17.4 Å². The number of rotatable bonds is 2. The van der Waals surface area contributed by atoms with Crippen LogP contribution in [0.4, 0.5) is 11.5 Å². The molecule has 0 aliphatic carbocycles. The summed E-state index contributed by atoms with van der Waals surface area (Å²) in [5, 5.41) is 6.18. The van der Waals surface area contributed by atoms with Crippen LogP contribution in [0.2, 0.25) is 0 Å². The highest BCUT2D eigenvalue weighted by Gasteiger charge is 2.21. The van der Waals surface area contributed by atoms with Gasteiger partial charge in [-0.05, 0) is 36.2 Å². The lowest BCUT2D eigenvalue weighted by atomic mass is 10.0. The van der Waals surface area contributed by atoms with Crippen LogP contribution in [-0.2, 0) is 11.2 Å². The lowest BCUT2D eigenvalue weighted by Crippen LogP contribution is -2.20. The summed E-state index contributed by atoms with van der Waals surface area (Å²) in [7, 11) is 0. The molecule has 0 saturated carbocycles. The van der Waals surface area contributed by atoms with E-state index in [0.717, 1.165) is 23.6 Å². The van der Waals surface area contributed by atoms with Crippen molar-refractivity contribution in [3.63, 3.8) is 0 Å². The van der Waals surface area contributed by atoms with Crippen molar-refractivity contribution in [3.8, 4) is 11.5 Å². The zero-order valence-corrected chi connectivity index (χ0v) is 12.3. The van der Waals surface area contributed by atoms with E-state index in [2.05, 4.69) is 34.7 Å².